The number of hydrogen-bond donors (Lipinski definition) is 2. The number of carbonyl (C=O) groups is 1. The van der Waals surface area contributed by atoms with Gasteiger partial charge in [0.1, 0.15) is 5.69 Å². The number of hydrogen-bond acceptors (Lipinski definition) is 3. The molecule has 0 saturated carbocycles. The van der Waals surface area contributed by atoms with Crippen molar-refractivity contribution >= 4 is 16.7 Å². The zero-order chi connectivity index (χ0) is 15.1. The number of pyridine rings is 1. The lowest BCUT2D eigenvalue weighted by molar-refractivity contribution is 0.0926. The lowest BCUT2D eigenvalue weighted by Crippen LogP contribution is -2.43. The van der Waals surface area contributed by atoms with E-state index in [0.717, 1.165) is 29.2 Å². The van der Waals surface area contributed by atoms with Crippen molar-refractivity contribution in [2.75, 3.05) is 0 Å². The molecule has 0 spiro atoms. The SMILES string of the molecule is C#Cc1cccc2cnc(C(=O)N[C@@H]3C[C@H]4CC[C@@H]3N4)cc12. The molecule has 0 unspecified atom stereocenters. The third kappa shape index (κ3) is 2.15. The summed E-state index contributed by atoms with van der Waals surface area (Å²) in [6, 6.07) is 8.71. The average molecular weight is 291 g/mol. The minimum atomic E-state index is -0.118. The number of benzene rings is 1. The fourth-order valence-corrected chi connectivity index (χ4v) is 3.65. The topological polar surface area (TPSA) is 54.0 Å². The Bertz CT molecular complexity index is 793. The number of fused-ring (bicyclic) bond motifs is 3. The largest absolute Gasteiger partial charge is 0.346 e. The van der Waals surface area contributed by atoms with Gasteiger partial charge in [0.15, 0.2) is 0 Å². The highest BCUT2D eigenvalue weighted by Crippen LogP contribution is 2.28. The maximum atomic E-state index is 12.5. The normalized spacial score (nSPS) is 26.0. The average Bonchev–Trinajstić information content (AvgIpc) is 3.16. The quantitative estimate of drug-likeness (QED) is 0.830. The molecule has 4 heteroatoms. The van der Waals surface area contributed by atoms with Crippen LogP contribution in [0.2, 0.25) is 0 Å². The van der Waals surface area contributed by atoms with Crippen LogP contribution >= 0.6 is 0 Å². The Balaban J connectivity index is 1.61. The molecule has 4 nitrogen and oxygen atoms in total. The molecule has 22 heavy (non-hydrogen) atoms. The molecule has 1 aromatic heterocycles. The van der Waals surface area contributed by atoms with Gasteiger partial charge in [0, 0.05) is 40.7 Å². The first kappa shape index (κ1) is 13.3. The van der Waals surface area contributed by atoms with Gasteiger partial charge in [-0.05, 0) is 31.4 Å². The second kappa shape index (κ2) is 5.11. The monoisotopic (exact) mass is 291 g/mol. The van der Waals surface area contributed by atoms with Crippen molar-refractivity contribution in [1.82, 2.24) is 15.6 Å². The Kier molecular flexibility index (Phi) is 3.09. The summed E-state index contributed by atoms with van der Waals surface area (Å²) in [4.78, 5) is 16.8. The summed E-state index contributed by atoms with van der Waals surface area (Å²) in [6.07, 6.45) is 10.6. The first-order valence-corrected chi connectivity index (χ1v) is 7.67. The highest BCUT2D eigenvalue weighted by molar-refractivity contribution is 5.98. The number of nitrogens with zero attached hydrogens (tertiary/aromatic N) is 1. The highest BCUT2D eigenvalue weighted by atomic mass is 16.2. The second-order valence-electron chi connectivity index (χ2n) is 6.10. The van der Waals surface area contributed by atoms with E-state index in [2.05, 4.69) is 21.5 Å². The van der Waals surface area contributed by atoms with Gasteiger partial charge in [-0.25, -0.2) is 0 Å². The maximum absolute atomic E-state index is 12.5. The predicted octanol–water partition coefficient (Wildman–Crippen LogP) is 1.84. The van der Waals surface area contributed by atoms with Crippen molar-refractivity contribution in [1.29, 1.82) is 0 Å². The number of rotatable bonds is 2. The molecule has 2 bridgehead atoms. The highest BCUT2D eigenvalue weighted by Gasteiger charge is 2.39. The minimum absolute atomic E-state index is 0.118. The van der Waals surface area contributed by atoms with Gasteiger partial charge < -0.3 is 10.6 Å². The van der Waals surface area contributed by atoms with Crippen LogP contribution in [0.1, 0.15) is 35.3 Å². The fourth-order valence-electron chi connectivity index (χ4n) is 3.65. The van der Waals surface area contributed by atoms with Crippen LogP contribution in [0.5, 0.6) is 0 Å². The molecule has 0 aliphatic carbocycles. The van der Waals surface area contributed by atoms with Gasteiger partial charge in [0.25, 0.3) is 5.91 Å². The first-order valence-electron chi connectivity index (χ1n) is 7.67. The Morgan fingerprint density at radius 2 is 2.32 bits per heavy atom. The van der Waals surface area contributed by atoms with Crippen LogP contribution in [0.4, 0.5) is 0 Å². The molecule has 110 valence electrons. The van der Waals surface area contributed by atoms with Crippen LogP contribution in [-0.4, -0.2) is 29.0 Å². The van der Waals surface area contributed by atoms with E-state index >= 15 is 0 Å². The van der Waals surface area contributed by atoms with Crippen LogP contribution in [0.25, 0.3) is 10.8 Å². The van der Waals surface area contributed by atoms with Crippen molar-refractivity contribution in [2.45, 2.75) is 37.4 Å². The van der Waals surface area contributed by atoms with E-state index in [1.165, 1.54) is 6.42 Å². The van der Waals surface area contributed by atoms with E-state index in [0.29, 0.717) is 17.8 Å². The molecule has 2 saturated heterocycles. The summed E-state index contributed by atoms with van der Waals surface area (Å²) in [5, 5.41) is 8.49. The van der Waals surface area contributed by atoms with E-state index < -0.39 is 0 Å². The van der Waals surface area contributed by atoms with Gasteiger partial charge in [0.05, 0.1) is 0 Å². The number of aromatic nitrogens is 1. The molecule has 4 rings (SSSR count). The summed E-state index contributed by atoms with van der Waals surface area (Å²) < 4.78 is 0. The number of amides is 1. The van der Waals surface area contributed by atoms with Gasteiger partial charge >= 0.3 is 0 Å². The van der Waals surface area contributed by atoms with E-state index in [9.17, 15) is 4.79 Å². The molecule has 3 heterocycles. The summed E-state index contributed by atoms with van der Waals surface area (Å²) >= 11 is 0. The van der Waals surface area contributed by atoms with Crippen LogP contribution in [0.15, 0.2) is 30.5 Å². The predicted molar refractivity (Wildman–Crippen MR) is 85.5 cm³/mol. The molecule has 0 radical (unpaired) electrons. The summed E-state index contributed by atoms with van der Waals surface area (Å²) in [5.41, 5.74) is 1.22. The van der Waals surface area contributed by atoms with Crippen LogP contribution in [-0.2, 0) is 0 Å². The molecule has 1 aromatic carbocycles. The fraction of sp³-hybridized carbons (Fsp3) is 0.333. The van der Waals surface area contributed by atoms with E-state index in [1.54, 1.807) is 12.3 Å². The van der Waals surface area contributed by atoms with E-state index in [1.807, 2.05) is 18.2 Å². The first-order chi connectivity index (χ1) is 10.7. The number of nitrogens with one attached hydrogen (secondary N) is 2. The van der Waals surface area contributed by atoms with Crippen LogP contribution < -0.4 is 10.6 Å². The van der Waals surface area contributed by atoms with Crippen molar-refractivity contribution < 1.29 is 4.79 Å². The van der Waals surface area contributed by atoms with Crippen molar-refractivity contribution in [3.8, 4) is 12.3 Å². The standard InChI is InChI=1S/C18H17N3O/c1-2-11-4-3-5-12-10-19-17(9-14(11)12)18(22)21-16-8-13-6-7-15(16)20-13/h1,3-5,9-10,13,15-16,20H,6-8H2,(H,21,22)/t13-,15+,16-/m1/s1. The van der Waals surface area contributed by atoms with Crippen molar-refractivity contribution in [2.24, 2.45) is 0 Å². The Labute approximate surface area is 129 Å². The minimum Gasteiger partial charge on any atom is -0.346 e. The molecule has 1 amide bonds. The summed E-state index contributed by atoms with van der Waals surface area (Å²) in [7, 11) is 0. The van der Waals surface area contributed by atoms with Crippen molar-refractivity contribution in [3.05, 3.63) is 41.7 Å². The van der Waals surface area contributed by atoms with E-state index in [-0.39, 0.29) is 11.9 Å². The van der Waals surface area contributed by atoms with Gasteiger partial charge in [0.2, 0.25) is 0 Å². The molecular formula is C18H17N3O. The lowest BCUT2D eigenvalue weighted by atomic mass is 9.95. The smallest absolute Gasteiger partial charge is 0.270 e. The maximum Gasteiger partial charge on any atom is 0.270 e. The molecule has 2 fully saturated rings. The van der Waals surface area contributed by atoms with Gasteiger partial charge in [-0.3, -0.25) is 9.78 Å². The van der Waals surface area contributed by atoms with E-state index in [4.69, 9.17) is 6.42 Å². The third-order valence-corrected chi connectivity index (χ3v) is 4.77. The summed E-state index contributed by atoms with van der Waals surface area (Å²) in [6.45, 7) is 0. The Hall–Kier alpha value is -2.38. The molecule has 2 aromatic rings. The molecule has 2 aliphatic heterocycles. The molecule has 2 N–H and O–H groups in total. The number of carbonyl (C=O) groups excluding carboxylic acids is 1. The van der Waals surface area contributed by atoms with Crippen molar-refractivity contribution in [3.63, 3.8) is 0 Å². The molecule has 3 atom stereocenters. The zero-order valence-electron chi connectivity index (χ0n) is 12.2. The van der Waals surface area contributed by atoms with Crippen LogP contribution in [0.3, 0.4) is 0 Å². The Morgan fingerprint density at radius 1 is 1.41 bits per heavy atom. The second-order valence-corrected chi connectivity index (χ2v) is 6.10. The van der Waals surface area contributed by atoms with Crippen LogP contribution in [0, 0.1) is 12.3 Å². The zero-order valence-corrected chi connectivity index (χ0v) is 12.2. The van der Waals surface area contributed by atoms with Gasteiger partial charge in [-0.15, -0.1) is 6.42 Å². The lowest BCUT2D eigenvalue weighted by Gasteiger charge is -2.21. The van der Waals surface area contributed by atoms with Gasteiger partial charge in [-0.2, -0.15) is 0 Å². The third-order valence-electron chi connectivity index (χ3n) is 4.77. The summed E-state index contributed by atoms with van der Waals surface area (Å²) in [5.74, 6) is 2.54. The Morgan fingerprint density at radius 3 is 3.05 bits per heavy atom. The number of terminal acetylenes is 1. The molecule has 2 aliphatic rings. The molecular weight excluding hydrogens is 274 g/mol. The van der Waals surface area contributed by atoms with Gasteiger partial charge in [-0.1, -0.05) is 18.1 Å².